The molecule has 2 heteroatoms. The van der Waals surface area contributed by atoms with Crippen molar-refractivity contribution in [3.8, 4) is 0 Å². The Morgan fingerprint density at radius 2 is 1.73 bits per heavy atom. The van der Waals surface area contributed by atoms with Gasteiger partial charge in [-0.15, -0.1) is 0 Å². The van der Waals surface area contributed by atoms with Crippen LogP contribution in [0.25, 0.3) is 0 Å². The maximum absolute atomic E-state index is 11.0. The molecule has 1 aliphatic rings. The molecule has 1 saturated carbocycles. The molecule has 1 aliphatic carbocycles. The molecule has 0 aliphatic heterocycles. The topological polar surface area (TPSA) is 34.1 Å². The second-order valence-corrected chi connectivity index (χ2v) is 3.61. The normalized spacial score (nSPS) is 33.8. The lowest BCUT2D eigenvalue weighted by atomic mass is 9.74. The zero-order valence-electron chi connectivity index (χ0n) is 7.04. The predicted molar refractivity (Wildman–Crippen MR) is 42.1 cm³/mol. The number of Topliss-reactive ketones (excluding diaryl/α,β-unsaturated/α-hetero) is 1. The van der Waals surface area contributed by atoms with Crippen molar-refractivity contribution in [3.05, 3.63) is 0 Å². The molecule has 0 aromatic heterocycles. The average molecular weight is 154 g/mol. The maximum atomic E-state index is 11.0. The van der Waals surface area contributed by atoms with E-state index < -0.39 is 0 Å². The Labute approximate surface area is 67.0 Å². The van der Waals surface area contributed by atoms with Crippen LogP contribution in [0.2, 0.25) is 0 Å². The van der Waals surface area contributed by atoms with Gasteiger partial charge in [0.1, 0.15) is 12.1 Å². The minimum Gasteiger partial charge on any atom is -0.303 e. The zero-order chi connectivity index (χ0) is 8.43. The Bertz CT molecular complexity index is 160. The summed E-state index contributed by atoms with van der Waals surface area (Å²) in [5.74, 6) is 0.920. The second kappa shape index (κ2) is 3.16. The lowest BCUT2D eigenvalue weighted by Crippen LogP contribution is -2.30. The van der Waals surface area contributed by atoms with E-state index in [-0.39, 0.29) is 17.8 Å². The van der Waals surface area contributed by atoms with Crippen LogP contribution in [0.4, 0.5) is 0 Å². The van der Waals surface area contributed by atoms with E-state index in [9.17, 15) is 9.59 Å². The fraction of sp³-hybridized carbons (Fsp3) is 0.778. The van der Waals surface area contributed by atoms with Crippen molar-refractivity contribution < 1.29 is 9.59 Å². The highest BCUT2D eigenvalue weighted by Crippen LogP contribution is 2.30. The molecule has 62 valence electrons. The summed E-state index contributed by atoms with van der Waals surface area (Å²) in [4.78, 5) is 21.6. The standard InChI is InChI=1S/C9H14O2/c1-6-3-8(11)4-7(2)9(6)5-10/h5-7,9H,3-4H2,1-2H3/t6-,7-/m1/s1. The van der Waals surface area contributed by atoms with Crippen molar-refractivity contribution in [1.82, 2.24) is 0 Å². The Hall–Kier alpha value is -0.660. The van der Waals surface area contributed by atoms with Gasteiger partial charge in [0.2, 0.25) is 0 Å². The van der Waals surface area contributed by atoms with Crippen molar-refractivity contribution in [2.24, 2.45) is 17.8 Å². The first-order valence-corrected chi connectivity index (χ1v) is 4.12. The number of hydrogen-bond donors (Lipinski definition) is 0. The molecule has 11 heavy (non-hydrogen) atoms. The van der Waals surface area contributed by atoms with Crippen LogP contribution in [0.1, 0.15) is 26.7 Å². The third-order valence-electron chi connectivity index (χ3n) is 2.57. The summed E-state index contributed by atoms with van der Waals surface area (Å²) >= 11 is 0. The van der Waals surface area contributed by atoms with Gasteiger partial charge in [-0.05, 0) is 11.8 Å². The summed E-state index contributed by atoms with van der Waals surface area (Å²) in [6.45, 7) is 3.96. The summed E-state index contributed by atoms with van der Waals surface area (Å²) < 4.78 is 0. The number of carbonyl (C=O) groups excluding carboxylic acids is 2. The lowest BCUT2D eigenvalue weighted by Gasteiger charge is -2.29. The average Bonchev–Trinajstić information content (AvgIpc) is 1.85. The summed E-state index contributed by atoms with van der Waals surface area (Å²) in [6.07, 6.45) is 2.18. The molecular weight excluding hydrogens is 140 g/mol. The van der Waals surface area contributed by atoms with Gasteiger partial charge < -0.3 is 4.79 Å². The molecule has 1 fully saturated rings. The van der Waals surface area contributed by atoms with Gasteiger partial charge in [-0.3, -0.25) is 4.79 Å². The van der Waals surface area contributed by atoms with Gasteiger partial charge in [-0.2, -0.15) is 0 Å². The van der Waals surface area contributed by atoms with Gasteiger partial charge in [0, 0.05) is 18.8 Å². The Morgan fingerprint density at radius 1 is 1.27 bits per heavy atom. The van der Waals surface area contributed by atoms with Gasteiger partial charge in [0.25, 0.3) is 0 Å². The van der Waals surface area contributed by atoms with Crippen LogP contribution in [0.15, 0.2) is 0 Å². The minimum absolute atomic E-state index is 0.104. The minimum atomic E-state index is 0.104. The van der Waals surface area contributed by atoms with Gasteiger partial charge >= 0.3 is 0 Å². The number of aldehydes is 1. The van der Waals surface area contributed by atoms with Crippen molar-refractivity contribution >= 4 is 12.1 Å². The number of carbonyl (C=O) groups is 2. The molecule has 2 atom stereocenters. The van der Waals surface area contributed by atoms with Crippen LogP contribution in [-0.4, -0.2) is 12.1 Å². The predicted octanol–water partition coefficient (Wildman–Crippen LogP) is 1.44. The highest BCUT2D eigenvalue weighted by molar-refractivity contribution is 5.81. The summed E-state index contributed by atoms with van der Waals surface area (Å²) in [7, 11) is 0. The third-order valence-corrected chi connectivity index (χ3v) is 2.57. The highest BCUT2D eigenvalue weighted by Gasteiger charge is 2.31. The van der Waals surface area contributed by atoms with Gasteiger partial charge in [-0.25, -0.2) is 0 Å². The Balaban J connectivity index is 2.66. The summed E-state index contributed by atoms with van der Waals surface area (Å²) in [5.41, 5.74) is 0. The molecule has 1 rings (SSSR count). The van der Waals surface area contributed by atoms with Crippen LogP contribution in [-0.2, 0) is 9.59 Å². The largest absolute Gasteiger partial charge is 0.303 e. The van der Waals surface area contributed by atoms with Crippen LogP contribution in [0.5, 0.6) is 0 Å². The number of hydrogen-bond acceptors (Lipinski definition) is 2. The monoisotopic (exact) mass is 154 g/mol. The van der Waals surface area contributed by atoms with E-state index in [1.54, 1.807) is 0 Å². The second-order valence-electron chi connectivity index (χ2n) is 3.61. The SMILES string of the molecule is C[C@@H]1CC(=O)C[C@@H](C)C1C=O. The fourth-order valence-electron chi connectivity index (χ4n) is 1.90. The van der Waals surface area contributed by atoms with Crippen LogP contribution in [0, 0.1) is 17.8 Å². The van der Waals surface area contributed by atoms with E-state index in [0.717, 1.165) is 6.29 Å². The van der Waals surface area contributed by atoms with E-state index in [4.69, 9.17) is 0 Å². The maximum Gasteiger partial charge on any atom is 0.133 e. The molecule has 0 aromatic carbocycles. The molecule has 0 bridgehead atoms. The van der Waals surface area contributed by atoms with E-state index in [1.165, 1.54) is 0 Å². The molecule has 0 heterocycles. The fourth-order valence-corrected chi connectivity index (χ4v) is 1.90. The molecule has 0 aromatic rings. The first-order valence-electron chi connectivity index (χ1n) is 4.12. The Morgan fingerprint density at radius 3 is 2.09 bits per heavy atom. The van der Waals surface area contributed by atoms with Crippen LogP contribution < -0.4 is 0 Å². The summed E-state index contributed by atoms with van der Waals surface area (Å²) in [6, 6.07) is 0. The van der Waals surface area contributed by atoms with Gasteiger partial charge in [-0.1, -0.05) is 13.8 Å². The number of ketones is 1. The smallest absolute Gasteiger partial charge is 0.133 e. The number of rotatable bonds is 1. The molecular formula is C9H14O2. The molecule has 2 nitrogen and oxygen atoms in total. The van der Waals surface area contributed by atoms with Crippen LogP contribution in [0.3, 0.4) is 0 Å². The van der Waals surface area contributed by atoms with E-state index >= 15 is 0 Å². The van der Waals surface area contributed by atoms with Crippen molar-refractivity contribution in [3.63, 3.8) is 0 Å². The summed E-state index contributed by atoms with van der Waals surface area (Å²) in [5, 5.41) is 0. The lowest BCUT2D eigenvalue weighted by molar-refractivity contribution is -0.126. The van der Waals surface area contributed by atoms with Crippen molar-refractivity contribution in [2.45, 2.75) is 26.7 Å². The molecule has 0 spiro atoms. The first-order chi connectivity index (χ1) is 5.15. The van der Waals surface area contributed by atoms with E-state index in [2.05, 4.69) is 0 Å². The Kier molecular flexibility index (Phi) is 2.42. The van der Waals surface area contributed by atoms with Crippen LogP contribution >= 0.6 is 0 Å². The van der Waals surface area contributed by atoms with Crippen molar-refractivity contribution in [2.75, 3.05) is 0 Å². The quantitative estimate of drug-likeness (QED) is 0.535. The van der Waals surface area contributed by atoms with Crippen molar-refractivity contribution in [1.29, 1.82) is 0 Å². The zero-order valence-corrected chi connectivity index (χ0v) is 7.04. The van der Waals surface area contributed by atoms with E-state index in [0.29, 0.717) is 18.6 Å². The van der Waals surface area contributed by atoms with Gasteiger partial charge in [0.15, 0.2) is 0 Å². The molecule has 0 radical (unpaired) electrons. The third kappa shape index (κ3) is 1.67. The van der Waals surface area contributed by atoms with E-state index in [1.807, 2.05) is 13.8 Å². The molecule has 0 amide bonds. The molecule has 0 unspecified atom stereocenters. The molecule has 0 saturated heterocycles. The van der Waals surface area contributed by atoms with Gasteiger partial charge in [0.05, 0.1) is 0 Å². The highest BCUT2D eigenvalue weighted by atomic mass is 16.1. The first kappa shape index (κ1) is 8.44. The molecule has 0 N–H and O–H groups in total.